The first-order valence-electron chi connectivity index (χ1n) is 3.33. The number of thiol groups is 2. The molecule has 0 aliphatic carbocycles. The number of nitrogens with two attached hydrogens (primary N) is 1. The zero-order valence-electron chi connectivity index (χ0n) is 6.31. The van der Waals surface area contributed by atoms with Gasteiger partial charge in [0.2, 0.25) is 0 Å². The van der Waals surface area contributed by atoms with E-state index >= 15 is 0 Å². The number of phenols is 1. The lowest BCUT2D eigenvalue weighted by Gasteiger charge is -2.10. The van der Waals surface area contributed by atoms with E-state index in [-0.39, 0.29) is 5.75 Å². The van der Waals surface area contributed by atoms with Gasteiger partial charge in [0.25, 0.3) is 0 Å². The Morgan fingerprint density at radius 3 is 2.58 bits per heavy atom. The molecule has 0 aliphatic heterocycles. The SMILES string of the molecule is Nc1cccc(O)c1CN(S)S. The smallest absolute Gasteiger partial charge is 0.122 e. The maximum atomic E-state index is 9.37. The summed E-state index contributed by atoms with van der Waals surface area (Å²) in [6.45, 7) is 0.394. The predicted octanol–water partition coefficient (Wildman–Crippen LogP) is 1.47. The summed E-state index contributed by atoms with van der Waals surface area (Å²) in [5.74, 6) is 0.170. The van der Waals surface area contributed by atoms with E-state index in [0.29, 0.717) is 17.8 Å². The summed E-state index contributed by atoms with van der Waals surface area (Å²) < 4.78 is 1.35. The Balaban J connectivity index is 2.96. The van der Waals surface area contributed by atoms with E-state index in [1.54, 1.807) is 18.2 Å². The van der Waals surface area contributed by atoms with E-state index in [1.807, 2.05) is 0 Å². The molecule has 0 unspecified atom stereocenters. The molecule has 5 heteroatoms. The molecule has 0 spiro atoms. The molecule has 0 saturated carbocycles. The van der Waals surface area contributed by atoms with Gasteiger partial charge in [-0.1, -0.05) is 31.7 Å². The van der Waals surface area contributed by atoms with Crippen LogP contribution in [-0.2, 0) is 6.54 Å². The fraction of sp³-hybridized carbons (Fsp3) is 0.143. The topological polar surface area (TPSA) is 49.5 Å². The number of hydrogen-bond acceptors (Lipinski definition) is 5. The molecule has 0 bridgehead atoms. The average molecular weight is 202 g/mol. The molecule has 0 saturated heterocycles. The van der Waals surface area contributed by atoms with Crippen molar-refractivity contribution in [3.05, 3.63) is 23.8 Å². The van der Waals surface area contributed by atoms with Gasteiger partial charge in [-0.15, -0.1) is 0 Å². The molecule has 0 fully saturated rings. The Labute approximate surface area is 82.3 Å². The van der Waals surface area contributed by atoms with Crippen LogP contribution in [0, 0.1) is 0 Å². The Morgan fingerprint density at radius 1 is 1.42 bits per heavy atom. The van der Waals surface area contributed by atoms with Crippen molar-refractivity contribution in [2.24, 2.45) is 0 Å². The summed E-state index contributed by atoms with van der Waals surface area (Å²) in [5, 5.41) is 9.37. The highest BCUT2D eigenvalue weighted by molar-refractivity contribution is 7.93. The zero-order valence-corrected chi connectivity index (χ0v) is 8.09. The number of anilines is 1. The molecule has 0 radical (unpaired) electrons. The minimum absolute atomic E-state index is 0.170. The highest BCUT2D eigenvalue weighted by Crippen LogP contribution is 2.25. The quantitative estimate of drug-likeness (QED) is 0.434. The van der Waals surface area contributed by atoms with Gasteiger partial charge in [-0.3, -0.25) is 0 Å². The molecule has 0 amide bonds. The first kappa shape index (κ1) is 9.57. The maximum Gasteiger partial charge on any atom is 0.122 e. The molecule has 1 aromatic carbocycles. The fourth-order valence-electron chi connectivity index (χ4n) is 0.906. The molecular formula is C7H10N2OS2. The largest absolute Gasteiger partial charge is 0.508 e. The summed E-state index contributed by atoms with van der Waals surface area (Å²) in [6.07, 6.45) is 0. The van der Waals surface area contributed by atoms with Crippen LogP contribution in [0.15, 0.2) is 18.2 Å². The summed E-state index contributed by atoms with van der Waals surface area (Å²) in [7, 11) is 0. The highest BCUT2D eigenvalue weighted by atomic mass is 32.2. The van der Waals surface area contributed by atoms with Crippen molar-refractivity contribution in [3.8, 4) is 5.75 Å². The Morgan fingerprint density at radius 2 is 2.08 bits per heavy atom. The van der Waals surface area contributed by atoms with Crippen LogP contribution in [0.25, 0.3) is 0 Å². The van der Waals surface area contributed by atoms with Gasteiger partial charge in [0, 0.05) is 11.3 Å². The lowest BCUT2D eigenvalue weighted by Crippen LogP contribution is -2.02. The van der Waals surface area contributed by atoms with E-state index in [2.05, 4.69) is 25.6 Å². The maximum absolute atomic E-state index is 9.37. The van der Waals surface area contributed by atoms with Crippen molar-refractivity contribution in [1.29, 1.82) is 0 Å². The van der Waals surface area contributed by atoms with E-state index in [9.17, 15) is 5.11 Å². The van der Waals surface area contributed by atoms with Crippen molar-refractivity contribution < 1.29 is 5.11 Å². The van der Waals surface area contributed by atoms with Crippen LogP contribution in [0.1, 0.15) is 5.56 Å². The van der Waals surface area contributed by atoms with Crippen molar-refractivity contribution in [1.82, 2.24) is 3.71 Å². The summed E-state index contributed by atoms with van der Waals surface area (Å²) in [4.78, 5) is 0. The second-order valence-electron chi connectivity index (χ2n) is 2.38. The monoisotopic (exact) mass is 202 g/mol. The predicted molar refractivity (Wildman–Crippen MR) is 56.0 cm³/mol. The second-order valence-corrected chi connectivity index (χ2v) is 3.66. The molecular weight excluding hydrogens is 192 g/mol. The second kappa shape index (κ2) is 3.93. The standard InChI is InChI=1S/C7H10N2OS2/c8-6-2-1-3-7(10)5(6)4-9(11)12/h1-3,10-12H,4,8H2. The van der Waals surface area contributed by atoms with Gasteiger partial charge in [0.05, 0.1) is 6.54 Å². The van der Waals surface area contributed by atoms with Crippen LogP contribution < -0.4 is 5.73 Å². The van der Waals surface area contributed by atoms with Gasteiger partial charge >= 0.3 is 0 Å². The number of aromatic hydroxyl groups is 1. The molecule has 66 valence electrons. The van der Waals surface area contributed by atoms with E-state index < -0.39 is 0 Å². The minimum Gasteiger partial charge on any atom is -0.508 e. The first-order valence-corrected chi connectivity index (χ1v) is 4.13. The number of nitrogens with zero attached hydrogens (tertiary/aromatic N) is 1. The molecule has 0 atom stereocenters. The van der Waals surface area contributed by atoms with E-state index in [4.69, 9.17) is 5.73 Å². The van der Waals surface area contributed by atoms with Crippen molar-refractivity contribution in [2.45, 2.75) is 6.54 Å². The molecule has 1 aromatic rings. The molecule has 0 aliphatic rings. The summed E-state index contributed by atoms with van der Waals surface area (Å²) >= 11 is 7.87. The Bertz CT molecular complexity index is 258. The molecule has 1 rings (SSSR count). The number of phenolic OH excluding ortho intramolecular Hbond substituents is 1. The minimum atomic E-state index is 0.170. The zero-order chi connectivity index (χ0) is 9.14. The first-order chi connectivity index (χ1) is 5.61. The van der Waals surface area contributed by atoms with Gasteiger partial charge in [0.15, 0.2) is 0 Å². The number of nitrogen functional groups attached to an aromatic ring is 1. The van der Waals surface area contributed by atoms with Crippen molar-refractivity contribution in [2.75, 3.05) is 5.73 Å². The summed E-state index contributed by atoms with van der Waals surface area (Å²) in [5.41, 5.74) is 6.80. The molecule has 3 nitrogen and oxygen atoms in total. The Hall–Kier alpha value is -0.520. The van der Waals surface area contributed by atoms with Crippen molar-refractivity contribution >= 4 is 31.3 Å². The summed E-state index contributed by atoms with van der Waals surface area (Å²) in [6, 6.07) is 4.99. The third-order valence-electron chi connectivity index (χ3n) is 1.49. The Kier molecular flexibility index (Phi) is 3.13. The number of benzene rings is 1. The van der Waals surface area contributed by atoms with Crippen LogP contribution in [0.5, 0.6) is 5.75 Å². The van der Waals surface area contributed by atoms with Crippen LogP contribution in [0.2, 0.25) is 0 Å². The van der Waals surface area contributed by atoms with Crippen LogP contribution in [0.4, 0.5) is 5.69 Å². The van der Waals surface area contributed by atoms with E-state index in [0.717, 1.165) is 0 Å². The third-order valence-corrected chi connectivity index (χ3v) is 1.77. The van der Waals surface area contributed by atoms with Gasteiger partial charge in [0.1, 0.15) is 5.75 Å². The molecule has 0 aromatic heterocycles. The normalized spacial score (nSPS) is 10.6. The number of hydrogen-bond donors (Lipinski definition) is 4. The van der Waals surface area contributed by atoms with E-state index in [1.165, 1.54) is 3.71 Å². The molecule has 12 heavy (non-hydrogen) atoms. The van der Waals surface area contributed by atoms with Crippen LogP contribution in [0.3, 0.4) is 0 Å². The van der Waals surface area contributed by atoms with Gasteiger partial charge in [-0.05, 0) is 12.1 Å². The molecule has 3 N–H and O–H groups in total. The molecule has 0 heterocycles. The van der Waals surface area contributed by atoms with Crippen molar-refractivity contribution in [3.63, 3.8) is 0 Å². The van der Waals surface area contributed by atoms with Crippen LogP contribution in [-0.4, -0.2) is 8.82 Å². The highest BCUT2D eigenvalue weighted by Gasteiger charge is 2.06. The van der Waals surface area contributed by atoms with Crippen LogP contribution >= 0.6 is 25.6 Å². The number of rotatable bonds is 2. The van der Waals surface area contributed by atoms with Gasteiger partial charge < -0.3 is 10.8 Å². The third kappa shape index (κ3) is 2.23. The lowest BCUT2D eigenvalue weighted by molar-refractivity contribution is 0.465. The fourth-order valence-corrected chi connectivity index (χ4v) is 1.19. The average Bonchev–Trinajstić information content (AvgIpc) is 1.97. The van der Waals surface area contributed by atoms with Gasteiger partial charge in [-0.2, -0.15) is 3.71 Å². The lowest BCUT2D eigenvalue weighted by atomic mass is 10.1. The van der Waals surface area contributed by atoms with Gasteiger partial charge in [-0.25, -0.2) is 0 Å².